The van der Waals surface area contributed by atoms with E-state index in [9.17, 15) is 5.11 Å². The molecular weight excluding hydrogens is 136 g/mol. The molecule has 2 bridgehead atoms. The third-order valence-electron chi connectivity index (χ3n) is 4.39. The van der Waals surface area contributed by atoms with Crippen molar-refractivity contribution in [3.63, 3.8) is 0 Å². The molecule has 1 nitrogen and oxygen atoms in total. The molecule has 0 amide bonds. The van der Waals surface area contributed by atoms with Gasteiger partial charge in [-0.3, -0.25) is 0 Å². The Morgan fingerprint density at radius 3 is 2.64 bits per heavy atom. The van der Waals surface area contributed by atoms with Gasteiger partial charge < -0.3 is 5.11 Å². The normalized spacial score (nSPS) is 60.3. The molecule has 3 aliphatic carbocycles. The Kier molecular flexibility index (Phi) is 1.18. The maximum absolute atomic E-state index is 9.67. The molecule has 0 aromatic heterocycles. The Labute approximate surface area is 67.8 Å². The molecule has 1 N–H and O–H groups in total. The minimum atomic E-state index is 0.0827. The summed E-state index contributed by atoms with van der Waals surface area (Å²) in [5, 5.41) is 9.67. The van der Waals surface area contributed by atoms with Crippen molar-refractivity contribution in [1.82, 2.24) is 0 Å². The van der Waals surface area contributed by atoms with E-state index in [2.05, 4.69) is 0 Å². The summed E-state index contributed by atoms with van der Waals surface area (Å²) >= 11 is 0. The molecule has 3 rings (SSSR count). The number of hydrogen-bond acceptors (Lipinski definition) is 1. The third kappa shape index (κ3) is 0.703. The van der Waals surface area contributed by atoms with Crippen molar-refractivity contribution >= 4 is 0 Å². The van der Waals surface area contributed by atoms with E-state index in [1.165, 1.54) is 25.7 Å². The van der Waals surface area contributed by atoms with Crippen LogP contribution in [0.3, 0.4) is 0 Å². The van der Waals surface area contributed by atoms with E-state index in [0.29, 0.717) is 5.92 Å². The molecule has 5 atom stereocenters. The predicted molar refractivity (Wildman–Crippen MR) is 43.1 cm³/mol. The van der Waals surface area contributed by atoms with Gasteiger partial charge in [-0.05, 0) is 49.4 Å². The largest absolute Gasteiger partial charge is 0.393 e. The highest BCUT2D eigenvalue weighted by Gasteiger charge is 2.53. The van der Waals surface area contributed by atoms with Gasteiger partial charge >= 0.3 is 0 Å². The molecule has 0 aromatic carbocycles. The molecule has 0 heterocycles. The van der Waals surface area contributed by atoms with E-state index < -0.39 is 0 Å². The monoisotopic (exact) mass is 152 g/mol. The van der Waals surface area contributed by atoms with Crippen LogP contribution in [0.25, 0.3) is 0 Å². The molecule has 0 aromatic rings. The highest BCUT2D eigenvalue weighted by Crippen LogP contribution is 2.58. The van der Waals surface area contributed by atoms with Crippen LogP contribution in [0.1, 0.15) is 32.1 Å². The predicted octanol–water partition coefficient (Wildman–Crippen LogP) is 1.80. The quantitative estimate of drug-likeness (QED) is 0.561. The first-order valence-corrected chi connectivity index (χ1v) is 5.04. The molecule has 0 unspecified atom stereocenters. The van der Waals surface area contributed by atoms with Crippen molar-refractivity contribution in [1.29, 1.82) is 0 Å². The van der Waals surface area contributed by atoms with Crippen LogP contribution in [0.15, 0.2) is 0 Å². The number of fused-ring (bicyclic) bond motifs is 5. The highest BCUT2D eigenvalue weighted by molar-refractivity contribution is 5.02. The van der Waals surface area contributed by atoms with Crippen LogP contribution in [0.2, 0.25) is 0 Å². The fourth-order valence-electron chi connectivity index (χ4n) is 4.03. The van der Waals surface area contributed by atoms with Gasteiger partial charge in [-0.1, -0.05) is 6.42 Å². The van der Waals surface area contributed by atoms with Gasteiger partial charge in [0.15, 0.2) is 0 Å². The number of aliphatic hydroxyl groups excluding tert-OH is 1. The molecule has 0 saturated heterocycles. The van der Waals surface area contributed by atoms with Gasteiger partial charge in [0.25, 0.3) is 0 Å². The lowest BCUT2D eigenvalue weighted by molar-refractivity contribution is 0.0642. The van der Waals surface area contributed by atoms with Crippen LogP contribution in [0, 0.1) is 23.7 Å². The smallest absolute Gasteiger partial charge is 0.0574 e. The molecule has 3 fully saturated rings. The standard InChI is InChI=1S/C10H16O/c11-10-5-6-4-9(10)8-3-1-2-7(6)8/h6-11H,1-5H2/t6-,7+,8+,9-,10-/m1/s1. The average molecular weight is 152 g/mol. The van der Waals surface area contributed by atoms with Crippen LogP contribution in [-0.2, 0) is 0 Å². The van der Waals surface area contributed by atoms with Gasteiger partial charge in [0.2, 0.25) is 0 Å². The molecule has 3 aliphatic rings. The number of aliphatic hydroxyl groups is 1. The van der Waals surface area contributed by atoms with Crippen molar-refractivity contribution in [2.75, 3.05) is 0 Å². The summed E-state index contributed by atoms with van der Waals surface area (Å²) in [6, 6.07) is 0. The second-order valence-electron chi connectivity index (χ2n) is 4.72. The maximum Gasteiger partial charge on any atom is 0.0574 e. The summed E-state index contributed by atoms with van der Waals surface area (Å²) in [7, 11) is 0. The van der Waals surface area contributed by atoms with Crippen LogP contribution >= 0.6 is 0 Å². The van der Waals surface area contributed by atoms with E-state index in [0.717, 1.165) is 24.2 Å². The molecule has 3 saturated carbocycles. The average Bonchev–Trinajstić information content (AvgIpc) is 2.52. The molecule has 11 heavy (non-hydrogen) atoms. The first-order chi connectivity index (χ1) is 5.36. The first kappa shape index (κ1) is 6.47. The molecule has 0 spiro atoms. The topological polar surface area (TPSA) is 20.2 Å². The van der Waals surface area contributed by atoms with Gasteiger partial charge in [-0.25, -0.2) is 0 Å². The maximum atomic E-state index is 9.67. The van der Waals surface area contributed by atoms with Crippen LogP contribution in [0.4, 0.5) is 0 Å². The summed E-state index contributed by atoms with van der Waals surface area (Å²) < 4.78 is 0. The molecule has 62 valence electrons. The summed E-state index contributed by atoms with van der Waals surface area (Å²) in [6.07, 6.45) is 6.90. The summed E-state index contributed by atoms with van der Waals surface area (Å²) in [6.45, 7) is 0. The fraction of sp³-hybridized carbons (Fsp3) is 1.00. The molecular formula is C10H16O. The summed E-state index contributed by atoms with van der Waals surface area (Å²) in [5.74, 6) is 3.60. The lowest BCUT2D eigenvalue weighted by atomic mass is 9.80. The Hall–Kier alpha value is -0.0400. The van der Waals surface area contributed by atoms with Gasteiger partial charge in [0.1, 0.15) is 0 Å². The van der Waals surface area contributed by atoms with Gasteiger partial charge in [-0.15, -0.1) is 0 Å². The van der Waals surface area contributed by atoms with Gasteiger partial charge in [0.05, 0.1) is 6.10 Å². The second-order valence-corrected chi connectivity index (χ2v) is 4.72. The SMILES string of the molecule is O[C@@H]1C[C@H]2C[C@@H]1[C@H]1CCC[C@@H]21. The highest BCUT2D eigenvalue weighted by atomic mass is 16.3. The van der Waals surface area contributed by atoms with E-state index in [4.69, 9.17) is 0 Å². The van der Waals surface area contributed by atoms with Crippen molar-refractivity contribution in [2.45, 2.75) is 38.2 Å². The molecule has 1 heteroatoms. The van der Waals surface area contributed by atoms with Crippen molar-refractivity contribution in [3.05, 3.63) is 0 Å². The van der Waals surface area contributed by atoms with E-state index in [1.54, 1.807) is 0 Å². The summed E-state index contributed by atoms with van der Waals surface area (Å²) in [5.41, 5.74) is 0. The lowest BCUT2D eigenvalue weighted by Crippen LogP contribution is -2.27. The van der Waals surface area contributed by atoms with Crippen LogP contribution in [-0.4, -0.2) is 11.2 Å². The number of rotatable bonds is 0. The summed E-state index contributed by atoms with van der Waals surface area (Å²) in [4.78, 5) is 0. The van der Waals surface area contributed by atoms with Crippen molar-refractivity contribution in [3.8, 4) is 0 Å². The third-order valence-corrected chi connectivity index (χ3v) is 4.39. The number of hydrogen-bond donors (Lipinski definition) is 1. The zero-order valence-electron chi connectivity index (χ0n) is 6.87. The van der Waals surface area contributed by atoms with Crippen molar-refractivity contribution < 1.29 is 5.11 Å². The molecule has 0 radical (unpaired) electrons. The minimum absolute atomic E-state index is 0.0827. The Balaban J connectivity index is 1.90. The Bertz CT molecular complexity index is 178. The first-order valence-electron chi connectivity index (χ1n) is 5.04. The van der Waals surface area contributed by atoms with Crippen LogP contribution < -0.4 is 0 Å². The Morgan fingerprint density at radius 1 is 0.909 bits per heavy atom. The lowest BCUT2D eigenvalue weighted by Gasteiger charge is -2.28. The second kappa shape index (κ2) is 2.01. The van der Waals surface area contributed by atoms with Gasteiger partial charge in [0, 0.05) is 0 Å². The van der Waals surface area contributed by atoms with E-state index in [-0.39, 0.29) is 6.10 Å². The zero-order chi connectivity index (χ0) is 7.42. The van der Waals surface area contributed by atoms with E-state index in [1.807, 2.05) is 0 Å². The van der Waals surface area contributed by atoms with Gasteiger partial charge in [-0.2, -0.15) is 0 Å². The van der Waals surface area contributed by atoms with Crippen LogP contribution in [0.5, 0.6) is 0 Å². The minimum Gasteiger partial charge on any atom is -0.393 e. The Morgan fingerprint density at radius 2 is 1.73 bits per heavy atom. The fourth-order valence-corrected chi connectivity index (χ4v) is 4.03. The molecule has 0 aliphatic heterocycles. The van der Waals surface area contributed by atoms with E-state index >= 15 is 0 Å². The zero-order valence-corrected chi connectivity index (χ0v) is 6.87. The van der Waals surface area contributed by atoms with Crippen molar-refractivity contribution in [2.24, 2.45) is 23.7 Å².